The third kappa shape index (κ3) is 3.60. The van der Waals surface area contributed by atoms with Crippen LogP contribution in [0.25, 0.3) is 0 Å². The van der Waals surface area contributed by atoms with Gasteiger partial charge >= 0.3 is 0 Å². The molecule has 136 valence electrons. The molecule has 2 atom stereocenters. The summed E-state index contributed by atoms with van der Waals surface area (Å²) in [6, 6.07) is 7.96. The minimum atomic E-state index is -0.573. The number of nitrogens with zero attached hydrogens (tertiary/aromatic N) is 6. The van der Waals surface area contributed by atoms with Crippen LogP contribution >= 0.6 is 0 Å². The fraction of sp³-hybridized carbons (Fsp3) is 0.400. The Kier molecular flexibility index (Phi) is 4.95. The van der Waals surface area contributed by atoms with Gasteiger partial charge in [0.1, 0.15) is 18.4 Å². The fourth-order valence-electron chi connectivity index (χ4n) is 3.82. The summed E-state index contributed by atoms with van der Waals surface area (Å²) in [6.07, 6.45) is 5.23. The molecule has 0 spiro atoms. The van der Waals surface area contributed by atoms with Gasteiger partial charge in [-0.05, 0) is 30.9 Å². The number of fused-ring (bicyclic) bond motifs is 1. The van der Waals surface area contributed by atoms with Gasteiger partial charge in [0, 0.05) is 38.1 Å². The Morgan fingerprint density at radius 1 is 1.19 bits per heavy atom. The van der Waals surface area contributed by atoms with Gasteiger partial charge in [0.25, 0.3) is 0 Å². The van der Waals surface area contributed by atoms with Crippen molar-refractivity contribution in [1.82, 2.24) is 19.9 Å². The summed E-state index contributed by atoms with van der Waals surface area (Å²) in [5, 5.41) is 9.26. The quantitative estimate of drug-likeness (QED) is 0.761. The molecule has 0 aromatic carbocycles. The van der Waals surface area contributed by atoms with Gasteiger partial charge in [0.15, 0.2) is 11.5 Å². The topological polar surface area (TPSA) is 68.9 Å². The average Bonchev–Trinajstić information content (AvgIpc) is 3.14. The highest BCUT2D eigenvalue weighted by Crippen LogP contribution is 2.29. The van der Waals surface area contributed by atoms with Crippen molar-refractivity contribution in [3.63, 3.8) is 0 Å². The summed E-state index contributed by atoms with van der Waals surface area (Å²) in [7, 11) is 0. The number of halogens is 1. The molecule has 0 amide bonds. The summed E-state index contributed by atoms with van der Waals surface area (Å²) in [5.74, 6) is 7.09. The van der Waals surface area contributed by atoms with Gasteiger partial charge in [-0.25, -0.2) is 19.3 Å². The second-order valence-corrected chi connectivity index (χ2v) is 6.69. The van der Waals surface area contributed by atoms with Crippen molar-refractivity contribution in [2.45, 2.75) is 31.6 Å². The fourth-order valence-corrected chi connectivity index (χ4v) is 3.82. The van der Waals surface area contributed by atoms with E-state index in [1.165, 1.54) is 0 Å². The van der Waals surface area contributed by atoms with Crippen LogP contribution < -0.4 is 4.90 Å². The molecule has 2 aliphatic rings. The molecule has 2 fully saturated rings. The predicted octanol–water partition coefficient (Wildman–Crippen LogP) is 1.92. The molecule has 0 saturated carbocycles. The normalized spacial score (nSPS) is 21.9. The highest BCUT2D eigenvalue weighted by atomic mass is 19.1. The van der Waals surface area contributed by atoms with E-state index in [0.717, 1.165) is 32.5 Å². The first-order chi connectivity index (χ1) is 13.3. The van der Waals surface area contributed by atoms with E-state index < -0.39 is 6.67 Å². The first-order valence-electron chi connectivity index (χ1n) is 9.03. The monoisotopic (exact) mass is 362 g/mol. The van der Waals surface area contributed by atoms with Crippen LogP contribution in [0.15, 0.2) is 30.6 Å². The molecule has 4 rings (SSSR count). The minimum Gasteiger partial charge on any atom is -0.351 e. The maximum absolute atomic E-state index is 12.7. The number of pyridine rings is 1. The molecule has 0 radical (unpaired) electrons. The lowest BCUT2D eigenvalue weighted by atomic mass is 10.1. The zero-order valence-electron chi connectivity index (χ0n) is 14.8. The molecule has 0 aliphatic carbocycles. The molecule has 27 heavy (non-hydrogen) atoms. The predicted molar refractivity (Wildman–Crippen MR) is 98.4 cm³/mol. The summed E-state index contributed by atoms with van der Waals surface area (Å²) in [5.41, 5.74) is 1.40. The van der Waals surface area contributed by atoms with Crippen LogP contribution in [0.4, 0.5) is 10.2 Å². The molecular weight excluding hydrogens is 343 g/mol. The average molecular weight is 362 g/mol. The van der Waals surface area contributed by atoms with Crippen molar-refractivity contribution >= 4 is 5.82 Å². The first-order valence-corrected chi connectivity index (χ1v) is 9.03. The second kappa shape index (κ2) is 7.69. The number of hydrogen-bond acceptors (Lipinski definition) is 6. The van der Waals surface area contributed by atoms with Crippen molar-refractivity contribution in [2.75, 3.05) is 24.5 Å². The van der Waals surface area contributed by atoms with E-state index in [1.807, 2.05) is 6.07 Å². The van der Waals surface area contributed by atoms with Crippen molar-refractivity contribution in [1.29, 1.82) is 5.26 Å². The van der Waals surface area contributed by atoms with Crippen molar-refractivity contribution in [2.24, 2.45) is 0 Å². The summed E-state index contributed by atoms with van der Waals surface area (Å²) < 4.78 is 12.7. The van der Waals surface area contributed by atoms with Crippen molar-refractivity contribution < 1.29 is 4.39 Å². The van der Waals surface area contributed by atoms with Gasteiger partial charge in [0.05, 0.1) is 11.7 Å². The van der Waals surface area contributed by atoms with Gasteiger partial charge in [-0.3, -0.25) is 4.90 Å². The second-order valence-electron chi connectivity index (χ2n) is 6.69. The summed E-state index contributed by atoms with van der Waals surface area (Å²) in [6.45, 7) is 1.90. The number of anilines is 1. The number of aromatic nitrogens is 3. The van der Waals surface area contributed by atoms with Crippen molar-refractivity contribution in [3.05, 3.63) is 47.7 Å². The number of alkyl halides is 1. The van der Waals surface area contributed by atoms with E-state index in [1.54, 1.807) is 24.5 Å². The smallest absolute Gasteiger partial charge is 0.183 e. The molecular formula is C20H19FN6. The SMILES string of the molecule is N#Cc1nccnc1N1CCN2[C@@H](CC[C@@H]2C#Cc2cccc(CF)n2)C1. The van der Waals surface area contributed by atoms with E-state index in [4.69, 9.17) is 0 Å². The van der Waals surface area contributed by atoms with Gasteiger partial charge in [-0.15, -0.1) is 0 Å². The number of rotatable bonds is 2. The Morgan fingerprint density at radius 3 is 2.93 bits per heavy atom. The number of hydrogen-bond donors (Lipinski definition) is 0. The Labute approximate surface area is 157 Å². The first kappa shape index (κ1) is 17.4. The number of nitriles is 1. The standard InChI is InChI=1S/C20H19FN6/c21-12-16-3-1-2-15(25-16)4-5-17-6-7-18-14-26(10-11-27(17)18)20-19(13-22)23-8-9-24-20/h1-3,8-9,17-18H,6-7,10-12,14H2/t17-,18-/m0/s1. The third-order valence-electron chi connectivity index (χ3n) is 5.10. The molecule has 2 aromatic rings. The van der Waals surface area contributed by atoms with E-state index >= 15 is 0 Å². The Balaban J connectivity index is 1.46. The molecule has 0 N–H and O–H groups in total. The van der Waals surface area contributed by atoms with Gasteiger partial charge in [-0.1, -0.05) is 12.0 Å². The zero-order valence-corrected chi connectivity index (χ0v) is 14.8. The van der Waals surface area contributed by atoms with Crippen LogP contribution in [0, 0.1) is 23.2 Å². The maximum atomic E-state index is 12.7. The third-order valence-corrected chi connectivity index (χ3v) is 5.10. The van der Waals surface area contributed by atoms with Crippen LogP contribution in [-0.2, 0) is 6.67 Å². The lowest BCUT2D eigenvalue weighted by Gasteiger charge is -2.39. The summed E-state index contributed by atoms with van der Waals surface area (Å²) >= 11 is 0. The summed E-state index contributed by atoms with van der Waals surface area (Å²) in [4.78, 5) is 17.2. The Morgan fingerprint density at radius 2 is 2.07 bits per heavy atom. The molecule has 2 saturated heterocycles. The molecule has 2 aliphatic heterocycles. The molecule has 6 nitrogen and oxygen atoms in total. The van der Waals surface area contributed by atoms with E-state index in [0.29, 0.717) is 28.9 Å². The van der Waals surface area contributed by atoms with E-state index in [9.17, 15) is 9.65 Å². The Bertz CT molecular complexity index is 928. The van der Waals surface area contributed by atoms with Crippen molar-refractivity contribution in [3.8, 4) is 17.9 Å². The molecule has 0 bridgehead atoms. The van der Waals surface area contributed by atoms with Crippen LogP contribution in [-0.4, -0.2) is 51.6 Å². The van der Waals surface area contributed by atoms with Gasteiger partial charge < -0.3 is 4.90 Å². The molecule has 2 aromatic heterocycles. The molecule has 7 heteroatoms. The maximum Gasteiger partial charge on any atom is 0.183 e. The highest BCUT2D eigenvalue weighted by Gasteiger charge is 2.37. The highest BCUT2D eigenvalue weighted by molar-refractivity contribution is 5.50. The van der Waals surface area contributed by atoms with E-state index in [2.05, 4.69) is 42.7 Å². The lowest BCUT2D eigenvalue weighted by Crippen LogP contribution is -2.52. The van der Waals surface area contributed by atoms with Gasteiger partial charge in [0.2, 0.25) is 0 Å². The largest absolute Gasteiger partial charge is 0.351 e. The van der Waals surface area contributed by atoms with E-state index in [-0.39, 0.29) is 6.04 Å². The zero-order chi connectivity index (χ0) is 18.6. The molecule has 4 heterocycles. The van der Waals surface area contributed by atoms with Crippen LogP contribution in [0.2, 0.25) is 0 Å². The lowest BCUT2D eigenvalue weighted by molar-refractivity contribution is 0.202. The number of piperazine rings is 1. The van der Waals surface area contributed by atoms with Crippen LogP contribution in [0.1, 0.15) is 29.9 Å². The minimum absolute atomic E-state index is 0.185. The van der Waals surface area contributed by atoms with Crippen LogP contribution in [0.5, 0.6) is 0 Å². The van der Waals surface area contributed by atoms with Crippen LogP contribution in [0.3, 0.4) is 0 Å². The molecule has 0 unspecified atom stereocenters. The Hall–Kier alpha value is -3.03. The van der Waals surface area contributed by atoms with Gasteiger partial charge in [-0.2, -0.15) is 5.26 Å².